The van der Waals surface area contributed by atoms with E-state index in [0.29, 0.717) is 16.7 Å². The second-order valence-corrected chi connectivity index (χ2v) is 7.53. The fraction of sp³-hybridized carbons (Fsp3) is 0.0769. The van der Waals surface area contributed by atoms with Gasteiger partial charge in [-0.3, -0.25) is 0 Å². The van der Waals surface area contributed by atoms with Gasteiger partial charge < -0.3 is 9.84 Å². The number of hydrogen-bond acceptors (Lipinski definition) is 3. The number of aromatic nitrogens is 1. The quantitative estimate of drug-likeness (QED) is 0.299. The summed E-state index contributed by atoms with van der Waals surface area (Å²) in [5.74, 6) is -3.25. The smallest absolute Gasteiger partial charge is 0.417 e. The van der Waals surface area contributed by atoms with Crippen LogP contribution in [0.15, 0.2) is 79.0 Å². The number of halogens is 5. The molecule has 0 saturated heterocycles. The molecule has 0 amide bonds. The maximum Gasteiger partial charge on any atom is 0.417 e. The monoisotopic (exact) mass is 485 g/mol. The van der Waals surface area contributed by atoms with E-state index >= 15 is 0 Å². The van der Waals surface area contributed by atoms with Crippen molar-refractivity contribution < 1.29 is 36.6 Å². The summed E-state index contributed by atoms with van der Waals surface area (Å²) in [6, 6.07) is 16.1. The topological polar surface area (TPSA) is 59.4 Å². The highest BCUT2D eigenvalue weighted by Gasteiger charge is 2.34. The van der Waals surface area contributed by atoms with Gasteiger partial charge in [-0.1, -0.05) is 42.5 Å². The molecule has 1 aromatic heterocycles. The van der Waals surface area contributed by atoms with Crippen LogP contribution in [-0.4, -0.2) is 16.1 Å². The lowest BCUT2D eigenvalue weighted by Crippen LogP contribution is -2.08. The lowest BCUT2D eigenvalue weighted by atomic mass is 9.98. The van der Waals surface area contributed by atoms with Crippen molar-refractivity contribution in [1.29, 1.82) is 0 Å². The number of rotatable bonds is 6. The van der Waals surface area contributed by atoms with E-state index in [1.165, 1.54) is 36.5 Å². The van der Waals surface area contributed by atoms with E-state index in [4.69, 9.17) is 9.84 Å². The summed E-state index contributed by atoms with van der Waals surface area (Å²) < 4.78 is 74.5. The predicted molar refractivity (Wildman–Crippen MR) is 118 cm³/mol. The molecule has 1 heterocycles. The molecule has 3 aromatic carbocycles. The fourth-order valence-corrected chi connectivity index (χ4v) is 3.48. The molecule has 0 bridgehead atoms. The van der Waals surface area contributed by atoms with E-state index in [9.17, 15) is 26.7 Å². The van der Waals surface area contributed by atoms with E-state index in [1.54, 1.807) is 24.3 Å². The van der Waals surface area contributed by atoms with Crippen molar-refractivity contribution in [1.82, 2.24) is 4.98 Å². The first-order chi connectivity index (χ1) is 16.6. The van der Waals surface area contributed by atoms with Crippen molar-refractivity contribution in [3.05, 3.63) is 107 Å². The third-order valence-electron chi connectivity index (χ3n) is 5.20. The highest BCUT2D eigenvalue weighted by molar-refractivity contribution is 5.86. The van der Waals surface area contributed by atoms with Crippen LogP contribution in [0.25, 0.3) is 22.3 Å². The van der Waals surface area contributed by atoms with Gasteiger partial charge in [0, 0.05) is 17.3 Å². The average Bonchev–Trinajstić information content (AvgIpc) is 2.82. The van der Waals surface area contributed by atoms with E-state index < -0.39 is 35.0 Å². The van der Waals surface area contributed by atoms with Crippen LogP contribution in [0, 0.1) is 11.6 Å². The molecule has 1 N–H and O–H groups in total. The maximum atomic E-state index is 14.1. The lowest BCUT2D eigenvalue weighted by Gasteiger charge is -2.16. The van der Waals surface area contributed by atoms with Gasteiger partial charge in [0.15, 0.2) is 11.5 Å². The summed E-state index contributed by atoms with van der Waals surface area (Å²) >= 11 is 0. The number of nitrogens with zero attached hydrogens (tertiary/aromatic N) is 1. The molecule has 0 spiro atoms. The van der Waals surface area contributed by atoms with Crippen molar-refractivity contribution in [2.24, 2.45) is 0 Å². The Kier molecular flexibility index (Phi) is 6.50. The molecular formula is C26H16F5NO3. The molecule has 9 heteroatoms. The van der Waals surface area contributed by atoms with Crippen LogP contribution in [0.2, 0.25) is 0 Å². The molecule has 4 rings (SSSR count). The van der Waals surface area contributed by atoms with Crippen LogP contribution >= 0.6 is 0 Å². The van der Waals surface area contributed by atoms with Gasteiger partial charge in [0.25, 0.3) is 0 Å². The number of carbonyl (C=O) groups is 1. The summed E-state index contributed by atoms with van der Waals surface area (Å²) in [6.07, 6.45) is -3.49. The first kappa shape index (κ1) is 23.9. The molecule has 4 nitrogen and oxygen atoms in total. The Hall–Kier alpha value is -4.27. The third kappa shape index (κ3) is 5.29. The van der Waals surface area contributed by atoms with Crippen molar-refractivity contribution in [3.63, 3.8) is 0 Å². The van der Waals surface area contributed by atoms with Gasteiger partial charge in [-0.2, -0.15) is 13.2 Å². The van der Waals surface area contributed by atoms with Crippen LogP contribution in [0.1, 0.15) is 21.6 Å². The van der Waals surface area contributed by atoms with Crippen LogP contribution in [0.4, 0.5) is 22.0 Å². The van der Waals surface area contributed by atoms with Crippen LogP contribution in [-0.2, 0) is 12.8 Å². The number of alkyl halides is 3. The molecule has 35 heavy (non-hydrogen) atoms. The Morgan fingerprint density at radius 1 is 0.857 bits per heavy atom. The van der Waals surface area contributed by atoms with E-state index in [2.05, 4.69) is 4.98 Å². The van der Waals surface area contributed by atoms with E-state index in [0.717, 1.165) is 18.2 Å². The number of aromatic carboxylic acids is 1. The summed E-state index contributed by atoms with van der Waals surface area (Å²) in [7, 11) is 0. The lowest BCUT2D eigenvalue weighted by molar-refractivity contribution is -0.137. The molecule has 178 valence electrons. The molecule has 0 aliphatic rings. The van der Waals surface area contributed by atoms with Gasteiger partial charge in [0.05, 0.1) is 5.56 Å². The second kappa shape index (κ2) is 9.54. The minimum atomic E-state index is -4.72. The van der Waals surface area contributed by atoms with E-state index in [1.807, 2.05) is 0 Å². The Bertz CT molecular complexity index is 1380. The van der Waals surface area contributed by atoms with Crippen molar-refractivity contribution in [2.75, 3.05) is 0 Å². The fourth-order valence-electron chi connectivity index (χ4n) is 3.48. The molecule has 0 fully saturated rings. The van der Waals surface area contributed by atoms with Crippen molar-refractivity contribution >= 4 is 5.97 Å². The summed E-state index contributed by atoms with van der Waals surface area (Å²) in [6.45, 7) is -0.0544. The van der Waals surface area contributed by atoms with Crippen LogP contribution in [0.3, 0.4) is 0 Å². The molecule has 0 saturated carbocycles. The van der Waals surface area contributed by atoms with Gasteiger partial charge in [0.1, 0.15) is 18.2 Å². The van der Waals surface area contributed by atoms with Crippen molar-refractivity contribution in [2.45, 2.75) is 12.8 Å². The number of hydrogen-bond donors (Lipinski definition) is 1. The van der Waals surface area contributed by atoms with Gasteiger partial charge in [0.2, 0.25) is 0 Å². The number of carboxylic acids is 1. The molecule has 0 aliphatic heterocycles. The minimum absolute atomic E-state index is 0.0444. The second-order valence-electron chi connectivity index (χ2n) is 7.53. The van der Waals surface area contributed by atoms with Gasteiger partial charge in [-0.05, 0) is 47.0 Å². The molecule has 4 aromatic rings. The van der Waals surface area contributed by atoms with Crippen LogP contribution in [0.5, 0.6) is 5.75 Å². The van der Waals surface area contributed by atoms with Gasteiger partial charge in [-0.25, -0.2) is 18.6 Å². The van der Waals surface area contributed by atoms with Gasteiger partial charge in [-0.15, -0.1) is 0 Å². The molecular weight excluding hydrogens is 469 g/mol. The zero-order valence-electron chi connectivity index (χ0n) is 17.8. The number of ether oxygens (including phenoxy) is 1. The number of carboxylic acid groups (broad SMARTS) is 1. The Morgan fingerprint density at radius 3 is 2.20 bits per heavy atom. The highest BCUT2D eigenvalue weighted by atomic mass is 19.4. The highest BCUT2D eigenvalue weighted by Crippen LogP contribution is 2.40. The normalized spacial score (nSPS) is 11.3. The van der Waals surface area contributed by atoms with E-state index in [-0.39, 0.29) is 23.5 Å². The minimum Gasteiger partial charge on any atom is -0.489 e. The maximum absolute atomic E-state index is 14.1. The average molecular weight is 485 g/mol. The standard InChI is InChI=1S/C26H16F5NO3/c27-22-4-2-1-3-20(22)19-10-9-18(12-21(19)26(29,30)31)35-14-15-5-7-16(8-6-15)17-11-23(28)24(25(33)34)32-13-17/h1-13H,14H2,(H,33,34). The molecule has 0 radical (unpaired) electrons. The van der Waals surface area contributed by atoms with Gasteiger partial charge >= 0.3 is 12.1 Å². The Morgan fingerprint density at radius 2 is 1.57 bits per heavy atom. The first-order valence-corrected chi connectivity index (χ1v) is 10.2. The summed E-state index contributed by atoms with van der Waals surface area (Å²) in [5, 5.41) is 8.87. The van der Waals surface area contributed by atoms with Crippen LogP contribution < -0.4 is 4.74 Å². The zero-order valence-corrected chi connectivity index (χ0v) is 17.8. The first-order valence-electron chi connectivity index (χ1n) is 10.2. The third-order valence-corrected chi connectivity index (χ3v) is 5.20. The SMILES string of the molecule is O=C(O)c1ncc(-c2ccc(COc3ccc(-c4ccccc4F)c(C(F)(F)F)c3)cc2)cc1F. The number of benzene rings is 3. The number of pyridine rings is 1. The predicted octanol–water partition coefficient (Wildman–Crippen LogP) is 6.99. The molecule has 0 atom stereocenters. The summed E-state index contributed by atoms with van der Waals surface area (Å²) in [4.78, 5) is 14.5. The zero-order chi connectivity index (χ0) is 25.2. The molecule has 0 aliphatic carbocycles. The largest absolute Gasteiger partial charge is 0.489 e. The Balaban J connectivity index is 1.52. The van der Waals surface area contributed by atoms with Crippen molar-refractivity contribution in [3.8, 4) is 28.0 Å². The summed E-state index contributed by atoms with van der Waals surface area (Å²) in [5.41, 5.74) is -0.612. The molecule has 0 unspecified atom stereocenters. The Labute approximate surface area is 196 Å².